The van der Waals surface area contributed by atoms with Crippen LogP contribution in [0.4, 0.5) is 5.69 Å². The maximum Gasteiger partial charge on any atom is 0.228 e. The molecule has 0 unspecified atom stereocenters. The molecule has 0 saturated heterocycles. The van der Waals surface area contributed by atoms with Crippen molar-refractivity contribution in [2.24, 2.45) is 7.05 Å². The van der Waals surface area contributed by atoms with Crippen LogP contribution in [0.25, 0.3) is 11.0 Å². The van der Waals surface area contributed by atoms with Crippen LogP contribution in [0, 0.1) is 6.92 Å². The topological polar surface area (TPSA) is 80.0 Å². The molecule has 0 spiro atoms. The van der Waals surface area contributed by atoms with E-state index in [2.05, 4.69) is 15.4 Å². The molecule has 0 saturated carbocycles. The third-order valence-corrected chi connectivity index (χ3v) is 3.45. The molecule has 0 fully saturated rings. The molecule has 6 nitrogen and oxygen atoms in total. The minimum absolute atomic E-state index is 0.131. The maximum absolute atomic E-state index is 12.1. The second kappa shape index (κ2) is 5.48. The lowest BCUT2D eigenvalue weighted by molar-refractivity contribution is -0.115. The number of pyridine rings is 1. The van der Waals surface area contributed by atoms with Gasteiger partial charge in [0.15, 0.2) is 5.65 Å². The lowest BCUT2D eigenvalue weighted by atomic mass is 10.1. The van der Waals surface area contributed by atoms with Crippen LogP contribution >= 0.6 is 0 Å². The summed E-state index contributed by atoms with van der Waals surface area (Å²) in [6.45, 7) is 1.91. The predicted molar refractivity (Wildman–Crippen MR) is 83.7 cm³/mol. The second-order valence-electron chi connectivity index (χ2n) is 5.20. The van der Waals surface area contributed by atoms with Gasteiger partial charge < -0.3 is 10.4 Å². The van der Waals surface area contributed by atoms with Crippen molar-refractivity contribution in [2.45, 2.75) is 13.3 Å². The Bertz CT molecular complexity index is 837. The number of benzene rings is 1. The van der Waals surface area contributed by atoms with E-state index in [1.165, 1.54) is 0 Å². The molecule has 3 aromatic rings. The summed E-state index contributed by atoms with van der Waals surface area (Å²) in [5.41, 5.74) is 3.14. The van der Waals surface area contributed by atoms with E-state index in [-0.39, 0.29) is 18.1 Å². The monoisotopic (exact) mass is 296 g/mol. The number of amides is 1. The standard InChI is InChI=1S/C16H16N4O2/c1-10-14-8-12(9-17-16(14)20(2)19-10)18-15(22)7-11-3-5-13(21)6-4-11/h3-6,8-9,21H,7H2,1-2H3,(H,18,22). The first-order valence-corrected chi connectivity index (χ1v) is 6.90. The predicted octanol–water partition coefficient (Wildman–Crippen LogP) is 2.16. The summed E-state index contributed by atoms with van der Waals surface area (Å²) in [7, 11) is 1.84. The average Bonchev–Trinajstić information content (AvgIpc) is 2.76. The van der Waals surface area contributed by atoms with Crippen molar-refractivity contribution in [3.05, 3.63) is 47.8 Å². The van der Waals surface area contributed by atoms with Crippen molar-refractivity contribution in [1.82, 2.24) is 14.8 Å². The van der Waals surface area contributed by atoms with Crippen LogP contribution in [0.3, 0.4) is 0 Å². The van der Waals surface area contributed by atoms with Gasteiger partial charge >= 0.3 is 0 Å². The highest BCUT2D eigenvalue weighted by Crippen LogP contribution is 2.19. The summed E-state index contributed by atoms with van der Waals surface area (Å²) >= 11 is 0. The summed E-state index contributed by atoms with van der Waals surface area (Å²) in [5, 5.41) is 17.3. The zero-order valence-electron chi connectivity index (χ0n) is 12.4. The second-order valence-corrected chi connectivity index (χ2v) is 5.20. The summed E-state index contributed by atoms with van der Waals surface area (Å²) in [4.78, 5) is 16.4. The van der Waals surface area contributed by atoms with Crippen molar-refractivity contribution in [3.8, 4) is 5.75 Å². The van der Waals surface area contributed by atoms with Crippen LogP contribution in [0.1, 0.15) is 11.3 Å². The van der Waals surface area contributed by atoms with Gasteiger partial charge in [-0.1, -0.05) is 12.1 Å². The quantitative estimate of drug-likeness (QED) is 0.776. The molecule has 22 heavy (non-hydrogen) atoms. The van der Waals surface area contributed by atoms with Gasteiger partial charge in [0.1, 0.15) is 5.75 Å². The molecule has 1 aromatic carbocycles. The number of hydrogen-bond donors (Lipinski definition) is 2. The van der Waals surface area contributed by atoms with Gasteiger partial charge in [0.05, 0.1) is 24.0 Å². The zero-order chi connectivity index (χ0) is 15.7. The van der Waals surface area contributed by atoms with E-state index in [9.17, 15) is 9.90 Å². The Morgan fingerprint density at radius 2 is 2.05 bits per heavy atom. The third kappa shape index (κ3) is 2.76. The molecular formula is C16H16N4O2. The first-order chi connectivity index (χ1) is 10.5. The van der Waals surface area contributed by atoms with E-state index in [0.717, 1.165) is 22.3 Å². The van der Waals surface area contributed by atoms with Crippen LogP contribution in [-0.2, 0) is 18.3 Å². The highest BCUT2D eigenvalue weighted by molar-refractivity contribution is 5.94. The smallest absolute Gasteiger partial charge is 0.228 e. The van der Waals surface area contributed by atoms with Gasteiger partial charge in [-0.25, -0.2) is 4.98 Å². The third-order valence-electron chi connectivity index (χ3n) is 3.45. The van der Waals surface area contributed by atoms with E-state index in [0.29, 0.717) is 5.69 Å². The highest BCUT2D eigenvalue weighted by atomic mass is 16.3. The number of fused-ring (bicyclic) bond motifs is 1. The normalized spacial score (nSPS) is 10.8. The molecule has 0 atom stereocenters. The number of aromatic nitrogens is 3. The van der Waals surface area contributed by atoms with Crippen LogP contribution in [0.15, 0.2) is 36.5 Å². The molecular weight excluding hydrogens is 280 g/mol. The van der Waals surface area contributed by atoms with Crippen molar-refractivity contribution in [3.63, 3.8) is 0 Å². The first kappa shape index (κ1) is 14.1. The molecule has 1 amide bonds. The number of aromatic hydroxyl groups is 1. The molecule has 0 radical (unpaired) electrons. The number of rotatable bonds is 3. The highest BCUT2D eigenvalue weighted by Gasteiger charge is 2.09. The Morgan fingerprint density at radius 3 is 2.77 bits per heavy atom. The molecule has 2 aromatic heterocycles. The van der Waals surface area contributed by atoms with Gasteiger partial charge in [0, 0.05) is 12.4 Å². The molecule has 6 heteroatoms. The number of aryl methyl sites for hydroxylation is 2. The minimum atomic E-state index is -0.131. The number of carbonyl (C=O) groups excluding carboxylic acids is 1. The van der Waals surface area contributed by atoms with Gasteiger partial charge in [-0.05, 0) is 30.7 Å². The summed E-state index contributed by atoms with van der Waals surface area (Å²) < 4.78 is 1.71. The molecule has 2 heterocycles. The van der Waals surface area contributed by atoms with E-state index < -0.39 is 0 Å². The van der Waals surface area contributed by atoms with Crippen LogP contribution < -0.4 is 5.32 Å². The van der Waals surface area contributed by atoms with E-state index >= 15 is 0 Å². The Hall–Kier alpha value is -2.89. The van der Waals surface area contributed by atoms with Crippen LogP contribution in [0.5, 0.6) is 5.75 Å². The summed E-state index contributed by atoms with van der Waals surface area (Å²) in [5.74, 6) is 0.0549. The van der Waals surface area contributed by atoms with Gasteiger partial charge in [-0.2, -0.15) is 5.10 Å². The molecule has 2 N–H and O–H groups in total. The number of carbonyl (C=O) groups is 1. The van der Waals surface area contributed by atoms with E-state index in [1.807, 2.05) is 20.0 Å². The fourth-order valence-corrected chi connectivity index (χ4v) is 2.38. The molecule has 0 aliphatic heterocycles. The number of nitrogens with zero attached hydrogens (tertiary/aromatic N) is 3. The number of nitrogens with one attached hydrogen (secondary N) is 1. The zero-order valence-corrected chi connectivity index (χ0v) is 12.4. The average molecular weight is 296 g/mol. The maximum atomic E-state index is 12.1. The van der Waals surface area contributed by atoms with E-state index in [4.69, 9.17) is 0 Å². The summed E-state index contributed by atoms with van der Waals surface area (Å²) in [6, 6.07) is 8.45. The van der Waals surface area contributed by atoms with Gasteiger partial charge in [-0.15, -0.1) is 0 Å². The van der Waals surface area contributed by atoms with Crippen molar-refractivity contribution in [1.29, 1.82) is 0 Å². The first-order valence-electron chi connectivity index (χ1n) is 6.90. The fourth-order valence-electron chi connectivity index (χ4n) is 2.38. The molecule has 112 valence electrons. The molecule has 0 bridgehead atoms. The fraction of sp³-hybridized carbons (Fsp3) is 0.188. The number of anilines is 1. The molecule has 0 aliphatic carbocycles. The Balaban J connectivity index is 1.76. The van der Waals surface area contributed by atoms with Crippen molar-refractivity contribution < 1.29 is 9.90 Å². The minimum Gasteiger partial charge on any atom is -0.508 e. The number of hydrogen-bond acceptors (Lipinski definition) is 4. The van der Waals surface area contributed by atoms with Crippen LogP contribution in [0.2, 0.25) is 0 Å². The van der Waals surface area contributed by atoms with Gasteiger partial charge in [0.2, 0.25) is 5.91 Å². The largest absolute Gasteiger partial charge is 0.508 e. The van der Waals surface area contributed by atoms with Crippen molar-refractivity contribution in [2.75, 3.05) is 5.32 Å². The van der Waals surface area contributed by atoms with Crippen molar-refractivity contribution >= 4 is 22.6 Å². The van der Waals surface area contributed by atoms with Gasteiger partial charge in [-0.3, -0.25) is 9.48 Å². The Morgan fingerprint density at radius 1 is 1.32 bits per heavy atom. The summed E-state index contributed by atoms with van der Waals surface area (Å²) in [6.07, 6.45) is 1.86. The number of phenols is 1. The number of phenolic OH excluding ortho intramolecular Hbond substituents is 1. The Kier molecular flexibility index (Phi) is 3.50. The molecule has 0 aliphatic rings. The SMILES string of the molecule is Cc1nn(C)c2ncc(NC(=O)Cc3ccc(O)cc3)cc12. The molecule has 3 rings (SSSR count). The Labute approximate surface area is 127 Å². The van der Waals surface area contributed by atoms with E-state index in [1.54, 1.807) is 35.1 Å². The lowest BCUT2D eigenvalue weighted by Crippen LogP contribution is -2.14. The van der Waals surface area contributed by atoms with Gasteiger partial charge in [0.25, 0.3) is 0 Å². The van der Waals surface area contributed by atoms with Crippen LogP contribution in [-0.4, -0.2) is 25.8 Å². The lowest BCUT2D eigenvalue weighted by Gasteiger charge is -2.05.